The predicted octanol–water partition coefficient (Wildman–Crippen LogP) is 1.66. The maximum Gasteiger partial charge on any atom is 0.326 e. The van der Waals surface area contributed by atoms with Crippen LogP contribution in [-0.2, 0) is 9.53 Å². The van der Waals surface area contributed by atoms with Gasteiger partial charge in [-0.25, -0.2) is 9.78 Å². The molecule has 5 heterocycles. The molecule has 0 radical (unpaired) electrons. The summed E-state index contributed by atoms with van der Waals surface area (Å²) in [6, 6.07) is 5.45. The first kappa shape index (κ1) is 24.5. The number of ether oxygens (including phenoxy) is 1. The summed E-state index contributed by atoms with van der Waals surface area (Å²) < 4.78 is 7.07. The average molecular weight is 537 g/mol. The summed E-state index contributed by atoms with van der Waals surface area (Å²) >= 11 is 1.38. The molecule has 1 saturated carbocycles. The van der Waals surface area contributed by atoms with Crippen molar-refractivity contribution in [1.82, 2.24) is 35.4 Å². The standard InChI is InChI=1S/C25H28N8O4S/c34-23-18(30-25(36)31-23)12-15-14-27-33-21(28-16-2-3-16)13-17(29-22(15)33)19-4-5-20(38-19)24(35)26-6-1-7-32-8-10-37-11-9-32/h4-5,12-14,16,28H,1-3,6-11H2,(H,26,35)(H2,30,31,34,36)/b18-12-. The molecule has 0 bridgehead atoms. The molecule has 198 valence electrons. The van der Waals surface area contributed by atoms with Gasteiger partial charge in [-0.3, -0.25) is 19.8 Å². The molecular weight excluding hydrogens is 508 g/mol. The molecule has 38 heavy (non-hydrogen) atoms. The van der Waals surface area contributed by atoms with Crippen LogP contribution >= 0.6 is 11.3 Å². The van der Waals surface area contributed by atoms with Gasteiger partial charge in [0.15, 0.2) is 5.65 Å². The predicted molar refractivity (Wildman–Crippen MR) is 142 cm³/mol. The summed E-state index contributed by atoms with van der Waals surface area (Å²) in [6.07, 6.45) is 6.22. The number of nitrogens with zero attached hydrogens (tertiary/aromatic N) is 4. The molecule has 1 aliphatic carbocycles. The molecule has 13 heteroatoms. The van der Waals surface area contributed by atoms with Crippen molar-refractivity contribution in [3.8, 4) is 10.6 Å². The third-order valence-corrected chi connectivity index (χ3v) is 7.68. The summed E-state index contributed by atoms with van der Waals surface area (Å²) in [5.41, 5.74) is 1.96. The van der Waals surface area contributed by atoms with Crippen LogP contribution in [0.3, 0.4) is 0 Å². The van der Waals surface area contributed by atoms with Crippen molar-refractivity contribution >= 4 is 46.7 Å². The van der Waals surface area contributed by atoms with Gasteiger partial charge in [-0.1, -0.05) is 0 Å². The number of imide groups is 1. The number of hydrogen-bond acceptors (Lipinski definition) is 9. The third kappa shape index (κ3) is 5.39. The number of rotatable bonds is 9. The van der Waals surface area contributed by atoms with E-state index in [9.17, 15) is 14.4 Å². The zero-order chi connectivity index (χ0) is 26.1. The van der Waals surface area contributed by atoms with Gasteiger partial charge in [-0.2, -0.15) is 9.61 Å². The summed E-state index contributed by atoms with van der Waals surface area (Å²) in [6.45, 7) is 4.97. The van der Waals surface area contributed by atoms with E-state index >= 15 is 0 Å². The van der Waals surface area contributed by atoms with Crippen molar-refractivity contribution < 1.29 is 19.1 Å². The number of thiophene rings is 1. The fraction of sp³-hybridized carbons (Fsp3) is 0.400. The van der Waals surface area contributed by atoms with Gasteiger partial charge in [0.05, 0.1) is 34.9 Å². The number of amides is 4. The maximum atomic E-state index is 12.8. The quantitative estimate of drug-likeness (QED) is 0.184. The Bertz CT molecular complexity index is 1420. The Labute approximate surface area is 222 Å². The largest absolute Gasteiger partial charge is 0.379 e. The van der Waals surface area contributed by atoms with Gasteiger partial charge >= 0.3 is 6.03 Å². The van der Waals surface area contributed by atoms with Crippen LogP contribution in [-0.4, -0.2) is 82.8 Å². The third-order valence-electron chi connectivity index (χ3n) is 6.57. The molecule has 0 unspecified atom stereocenters. The highest BCUT2D eigenvalue weighted by molar-refractivity contribution is 7.17. The van der Waals surface area contributed by atoms with Crippen molar-refractivity contribution in [3.63, 3.8) is 0 Å². The van der Waals surface area contributed by atoms with Gasteiger partial charge in [-0.15, -0.1) is 11.3 Å². The molecule has 0 atom stereocenters. The lowest BCUT2D eigenvalue weighted by molar-refractivity contribution is -0.115. The van der Waals surface area contributed by atoms with Gasteiger partial charge in [0, 0.05) is 37.3 Å². The van der Waals surface area contributed by atoms with E-state index in [2.05, 4.69) is 31.3 Å². The fourth-order valence-corrected chi connectivity index (χ4v) is 5.28. The van der Waals surface area contributed by atoms with E-state index in [1.54, 1.807) is 16.8 Å². The topological polar surface area (TPSA) is 142 Å². The smallest absolute Gasteiger partial charge is 0.326 e. The first-order valence-electron chi connectivity index (χ1n) is 12.7. The first-order valence-corrected chi connectivity index (χ1v) is 13.5. The van der Waals surface area contributed by atoms with E-state index in [1.807, 2.05) is 18.2 Å². The molecule has 0 spiro atoms. The number of fused-ring (bicyclic) bond motifs is 1. The van der Waals surface area contributed by atoms with Gasteiger partial charge in [-0.05, 0) is 44.0 Å². The fourth-order valence-electron chi connectivity index (χ4n) is 4.40. The molecule has 4 amide bonds. The summed E-state index contributed by atoms with van der Waals surface area (Å²) in [5.74, 6) is 0.179. The average Bonchev–Trinajstić information content (AvgIpc) is 3.29. The van der Waals surface area contributed by atoms with Gasteiger partial charge in [0.2, 0.25) is 0 Å². The van der Waals surface area contributed by atoms with Crippen LogP contribution in [0.25, 0.3) is 22.3 Å². The number of hydrogen-bond donors (Lipinski definition) is 4. The molecular formula is C25H28N8O4S. The van der Waals surface area contributed by atoms with Gasteiger partial charge in [0.1, 0.15) is 11.5 Å². The molecule has 3 fully saturated rings. The number of anilines is 1. The molecule has 0 aromatic carbocycles. The molecule has 3 aromatic rings. The van der Waals surface area contributed by atoms with Crippen molar-refractivity contribution in [1.29, 1.82) is 0 Å². The van der Waals surface area contributed by atoms with E-state index in [0.717, 1.165) is 62.8 Å². The van der Waals surface area contributed by atoms with Crippen molar-refractivity contribution in [2.45, 2.75) is 25.3 Å². The number of aromatic nitrogens is 3. The van der Waals surface area contributed by atoms with Crippen molar-refractivity contribution in [2.75, 3.05) is 44.7 Å². The Balaban J connectivity index is 1.20. The Morgan fingerprint density at radius 2 is 2.05 bits per heavy atom. The molecule has 2 aliphatic heterocycles. The molecule has 12 nitrogen and oxygen atoms in total. The minimum Gasteiger partial charge on any atom is -0.379 e. The van der Waals surface area contributed by atoms with Crippen LogP contribution in [0, 0.1) is 0 Å². The number of carbonyl (C=O) groups excluding carboxylic acids is 3. The highest BCUT2D eigenvalue weighted by Crippen LogP contribution is 2.32. The SMILES string of the molecule is O=C1NC(=O)/C(=C/c2cnn3c(NC4CC4)cc(-c4ccc(C(=O)NCCCN5CCOCC5)s4)nc23)N1. The highest BCUT2D eigenvalue weighted by atomic mass is 32.1. The summed E-state index contributed by atoms with van der Waals surface area (Å²) in [4.78, 5) is 45.0. The van der Waals surface area contributed by atoms with Crippen molar-refractivity contribution in [2.24, 2.45) is 0 Å². The second-order valence-electron chi connectivity index (χ2n) is 9.47. The highest BCUT2D eigenvalue weighted by Gasteiger charge is 2.26. The Morgan fingerprint density at radius 3 is 2.82 bits per heavy atom. The Morgan fingerprint density at radius 1 is 1.21 bits per heavy atom. The van der Waals surface area contributed by atoms with Crippen LogP contribution in [0.4, 0.5) is 10.6 Å². The Hall–Kier alpha value is -3.81. The van der Waals surface area contributed by atoms with Crippen LogP contribution in [0.1, 0.15) is 34.5 Å². The van der Waals surface area contributed by atoms with Crippen LogP contribution in [0.2, 0.25) is 0 Å². The molecule has 4 N–H and O–H groups in total. The monoisotopic (exact) mass is 536 g/mol. The van der Waals surface area contributed by atoms with E-state index in [-0.39, 0.29) is 11.6 Å². The normalized spacial score (nSPS) is 19.1. The minimum atomic E-state index is -0.562. The zero-order valence-electron chi connectivity index (χ0n) is 20.7. The van der Waals surface area contributed by atoms with Crippen molar-refractivity contribution in [3.05, 3.63) is 40.5 Å². The minimum absolute atomic E-state index is 0.0987. The number of morpholine rings is 1. The lowest BCUT2D eigenvalue weighted by Gasteiger charge is -2.26. The molecule has 2 saturated heterocycles. The van der Waals surface area contributed by atoms with Crippen LogP contribution in [0.15, 0.2) is 30.1 Å². The van der Waals surface area contributed by atoms with Gasteiger partial charge < -0.3 is 20.7 Å². The summed E-state index contributed by atoms with van der Waals surface area (Å²) in [7, 11) is 0. The Kier molecular flexibility index (Phi) is 6.79. The molecule has 3 aliphatic rings. The molecule has 3 aromatic heterocycles. The molecule has 6 rings (SSSR count). The lowest BCUT2D eigenvalue weighted by Crippen LogP contribution is -2.38. The maximum absolute atomic E-state index is 12.8. The summed E-state index contributed by atoms with van der Waals surface area (Å²) in [5, 5.41) is 15.7. The second kappa shape index (κ2) is 10.5. The van der Waals surface area contributed by atoms with E-state index in [0.29, 0.717) is 34.4 Å². The van der Waals surface area contributed by atoms with E-state index in [1.165, 1.54) is 11.3 Å². The second-order valence-corrected chi connectivity index (χ2v) is 10.6. The number of urea groups is 1. The van der Waals surface area contributed by atoms with Crippen LogP contribution in [0.5, 0.6) is 0 Å². The van der Waals surface area contributed by atoms with Crippen LogP contribution < -0.4 is 21.3 Å². The van der Waals surface area contributed by atoms with Gasteiger partial charge in [0.25, 0.3) is 11.8 Å². The zero-order valence-corrected chi connectivity index (χ0v) is 21.5. The number of carbonyl (C=O) groups is 3. The number of nitrogens with one attached hydrogen (secondary N) is 4. The first-order chi connectivity index (χ1) is 18.5. The van der Waals surface area contributed by atoms with E-state index in [4.69, 9.17) is 9.72 Å². The van der Waals surface area contributed by atoms with E-state index < -0.39 is 11.9 Å². The lowest BCUT2D eigenvalue weighted by atomic mass is 10.2.